The van der Waals surface area contributed by atoms with Crippen molar-refractivity contribution in [3.8, 4) is 17.0 Å². The van der Waals surface area contributed by atoms with Crippen LogP contribution in [0, 0.1) is 18.6 Å². The summed E-state index contributed by atoms with van der Waals surface area (Å²) in [4.78, 5) is 12.7. The van der Waals surface area contributed by atoms with Crippen LogP contribution in [0.25, 0.3) is 11.3 Å². The number of aryl methyl sites for hydroxylation is 1. The molecule has 0 unspecified atom stereocenters. The molecule has 5 nitrogen and oxygen atoms in total. The van der Waals surface area contributed by atoms with Crippen molar-refractivity contribution in [2.75, 3.05) is 12.4 Å². The molecule has 0 aliphatic heterocycles. The van der Waals surface area contributed by atoms with Gasteiger partial charge in [-0.15, -0.1) is 0 Å². The third-order valence-electron chi connectivity index (χ3n) is 5.23. The summed E-state index contributed by atoms with van der Waals surface area (Å²) in [5, 5.41) is 6.61. The average Bonchev–Trinajstić information content (AvgIpc) is 3.50. The van der Waals surface area contributed by atoms with Crippen molar-refractivity contribution in [1.82, 2.24) is 9.78 Å². The zero-order valence-electron chi connectivity index (χ0n) is 16.4. The van der Waals surface area contributed by atoms with Gasteiger partial charge in [0.25, 0.3) is 5.91 Å². The van der Waals surface area contributed by atoms with Crippen molar-refractivity contribution in [2.24, 2.45) is 7.05 Å². The Bertz CT molecular complexity index is 1080. The summed E-state index contributed by atoms with van der Waals surface area (Å²) >= 11 is 0. The number of nitrogens with one attached hydrogen (secondary N) is 1. The summed E-state index contributed by atoms with van der Waals surface area (Å²) in [6.45, 7) is 1.76. The molecule has 0 spiro atoms. The molecule has 150 valence electrons. The summed E-state index contributed by atoms with van der Waals surface area (Å²) in [5.74, 6) is -1.13. The third kappa shape index (κ3) is 3.48. The summed E-state index contributed by atoms with van der Waals surface area (Å²) in [6, 6.07) is 9.46. The van der Waals surface area contributed by atoms with E-state index in [9.17, 15) is 13.6 Å². The number of nitrogens with zero attached hydrogens (tertiary/aromatic N) is 2. The Morgan fingerprint density at radius 2 is 1.90 bits per heavy atom. The third-order valence-corrected chi connectivity index (χ3v) is 5.23. The zero-order valence-corrected chi connectivity index (χ0v) is 16.4. The van der Waals surface area contributed by atoms with Gasteiger partial charge < -0.3 is 10.1 Å². The maximum absolute atomic E-state index is 13.9. The fourth-order valence-corrected chi connectivity index (χ4v) is 3.59. The van der Waals surface area contributed by atoms with E-state index in [1.807, 2.05) is 6.07 Å². The number of halogens is 2. The fourth-order valence-electron chi connectivity index (χ4n) is 3.59. The molecule has 1 aliphatic carbocycles. The van der Waals surface area contributed by atoms with Gasteiger partial charge in [-0.2, -0.15) is 5.10 Å². The topological polar surface area (TPSA) is 56.1 Å². The van der Waals surface area contributed by atoms with Gasteiger partial charge in [-0.1, -0.05) is 12.1 Å². The maximum Gasteiger partial charge on any atom is 0.276 e. The zero-order chi connectivity index (χ0) is 20.7. The highest BCUT2D eigenvalue weighted by Crippen LogP contribution is 2.43. The normalized spacial score (nSPS) is 13.4. The van der Waals surface area contributed by atoms with Gasteiger partial charge in [0, 0.05) is 18.2 Å². The number of benzene rings is 2. The molecule has 4 rings (SSSR count). The highest BCUT2D eigenvalue weighted by atomic mass is 19.1. The molecule has 1 aromatic heterocycles. The van der Waals surface area contributed by atoms with E-state index in [2.05, 4.69) is 22.5 Å². The minimum absolute atomic E-state index is 0.101. The van der Waals surface area contributed by atoms with Gasteiger partial charge in [-0.25, -0.2) is 8.78 Å². The number of rotatable bonds is 5. The molecule has 7 heteroatoms. The molecule has 1 saturated carbocycles. The minimum Gasteiger partial charge on any atom is -0.496 e. The first-order valence-electron chi connectivity index (χ1n) is 9.38. The van der Waals surface area contributed by atoms with Crippen molar-refractivity contribution in [1.29, 1.82) is 0 Å². The molecule has 1 amide bonds. The van der Waals surface area contributed by atoms with Gasteiger partial charge in [0.2, 0.25) is 0 Å². The number of para-hydroxylation sites is 1. The number of methoxy groups -OCH3 is 1. The van der Waals surface area contributed by atoms with E-state index in [0.29, 0.717) is 17.2 Å². The molecule has 3 aromatic rings. The van der Waals surface area contributed by atoms with Crippen LogP contribution in [0.5, 0.6) is 5.75 Å². The van der Waals surface area contributed by atoms with Crippen LogP contribution in [0.4, 0.5) is 14.5 Å². The summed E-state index contributed by atoms with van der Waals surface area (Å²) < 4.78 is 34.9. The lowest BCUT2D eigenvalue weighted by molar-refractivity contribution is 0.102. The van der Waals surface area contributed by atoms with E-state index >= 15 is 0 Å². The Morgan fingerprint density at radius 1 is 1.21 bits per heavy atom. The Labute approximate surface area is 167 Å². The highest BCUT2D eigenvalue weighted by molar-refractivity contribution is 6.05. The van der Waals surface area contributed by atoms with Gasteiger partial charge in [0.15, 0.2) is 5.69 Å². The smallest absolute Gasteiger partial charge is 0.276 e. The van der Waals surface area contributed by atoms with Gasteiger partial charge >= 0.3 is 0 Å². The van der Waals surface area contributed by atoms with Crippen LogP contribution in [0.15, 0.2) is 36.4 Å². The summed E-state index contributed by atoms with van der Waals surface area (Å²) in [7, 11) is 3.32. The Morgan fingerprint density at radius 3 is 2.52 bits per heavy atom. The van der Waals surface area contributed by atoms with Crippen LogP contribution in [-0.2, 0) is 7.05 Å². The molecule has 2 aromatic carbocycles. The maximum atomic E-state index is 13.9. The predicted molar refractivity (Wildman–Crippen MR) is 106 cm³/mol. The van der Waals surface area contributed by atoms with Gasteiger partial charge in [-0.05, 0) is 55.5 Å². The van der Waals surface area contributed by atoms with Gasteiger partial charge in [0.05, 0.1) is 12.8 Å². The van der Waals surface area contributed by atoms with E-state index in [4.69, 9.17) is 4.74 Å². The molecule has 0 atom stereocenters. The average molecular weight is 397 g/mol. The van der Waals surface area contributed by atoms with Crippen LogP contribution < -0.4 is 10.1 Å². The van der Waals surface area contributed by atoms with Crippen molar-refractivity contribution < 1.29 is 18.3 Å². The number of aromatic nitrogens is 2. The molecule has 1 N–H and O–H groups in total. The Kier molecular flexibility index (Phi) is 4.82. The van der Waals surface area contributed by atoms with Crippen LogP contribution >= 0.6 is 0 Å². The van der Waals surface area contributed by atoms with E-state index in [1.54, 1.807) is 25.8 Å². The number of amides is 1. The van der Waals surface area contributed by atoms with Crippen LogP contribution in [0.3, 0.4) is 0 Å². The first-order chi connectivity index (χ1) is 13.9. The molecular formula is C22H21F2N3O2. The van der Waals surface area contributed by atoms with Gasteiger partial charge in [0.1, 0.15) is 23.1 Å². The molecule has 0 radical (unpaired) electrons. The quantitative estimate of drug-likeness (QED) is 0.672. The van der Waals surface area contributed by atoms with Crippen molar-refractivity contribution in [3.05, 3.63) is 64.9 Å². The number of ether oxygens (including phenoxy) is 1. The monoisotopic (exact) mass is 397 g/mol. The first-order valence-corrected chi connectivity index (χ1v) is 9.38. The molecule has 1 fully saturated rings. The second-order valence-electron chi connectivity index (χ2n) is 7.23. The van der Waals surface area contributed by atoms with Crippen molar-refractivity contribution >= 4 is 11.6 Å². The summed E-state index contributed by atoms with van der Waals surface area (Å²) in [5.41, 5.74) is 3.00. The molecule has 1 heterocycles. The second kappa shape index (κ2) is 7.31. The molecular weight excluding hydrogens is 376 g/mol. The number of anilines is 1. The lowest BCUT2D eigenvalue weighted by Crippen LogP contribution is -2.16. The van der Waals surface area contributed by atoms with Crippen LogP contribution in [0.2, 0.25) is 0 Å². The lowest BCUT2D eigenvalue weighted by Gasteiger charge is -2.12. The Balaban J connectivity index is 1.74. The lowest BCUT2D eigenvalue weighted by atomic mass is 10.0. The number of carbonyl (C=O) groups is 1. The number of hydrogen-bond donors (Lipinski definition) is 1. The van der Waals surface area contributed by atoms with Crippen LogP contribution in [-0.4, -0.2) is 22.8 Å². The first kappa shape index (κ1) is 19.1. The molecule has 29 heavy (non-hydrogen) atoms. The van der Waals surface area contributed by atoms with Crippen molar-refractivity contribution in [3.63, 3.8) is 0 Å². The minimum atomic E-state index is -0.842. The number of hydrogen-bond acceptors (Lipinski definition) is 3. The Hall–Kier alpha value is -3.22. The molecule has 0 saturated heterocycles. The van der Waals surface area contributed by atoms with Gasteiger partial charge in [-0.3, -0.25) is 9.48 Å². The standard InChI is InChI=1S/C22H21F2N3O2/c1-12-19(22(28)25-20-16(23)5-4-6-17(20)24)26-27(2)21(12)15-11-14(13-7-8-13)9-10-18(15)29-3/h4-6,9-11,13H,7-8H2,1-3H3,(H,25,28). The van der Waals surface area contributed by atoms with Crippen molar-refractivity contribution in [2.45, 2.75) is 25.7 Å². The highest BCUT2D eigenvalue weighted by Gasteiger charge is 2.27. The van der Waals surface area contributed by atoms with E-state index in [-0.39, 0.29) is 5.69 Å². The summed E-state index contributed by atoms with van der Waals surface area (Å²) in [6.07, 6.45) is 2.33. The van der Waals surface area contributed by atoms with E-state index in [0.717, 1.165) is 36.2 Å². The fraction of sp³-hybridized carbons (Fsp3) is 0.273. The predicted octanol–water partition coefficient (Wildman–Crippen LogP) is 4.81. The van der Waals surface area contributed by atoms with E-state index < -0.39 is 23.2 Å². The molecule has 0 bridgehead atoms. The van der Waals surface area contributed by atoms with E-state index in [1.165, 1.54) is 11.6 Å². The second-order valence-corrected chi connectivity index (χ2v) is 7.23. The SMILES string of the molecule is COc1ccc(C2CC2)cc1-c1c(C)c(C(=O)Nc2c(F)cccc2F)nn1C. The van der Waals surface area contributed by atoms with Crippen LogP contribution in [0.1, 0.15) is 40.4 Å². The number of carbonyl (C=O) groups excluding carboxylic acids is 1. The largest absolute Gasteiger partial charge is 0.496 e. The molecule has 1 aliphatic rings.